The molecule has 0 radical (unpaired) electrons. The largest absolute Gasteiger partial charge is 0.408 e. The van der Waals surface area contributed by atoms with Gasteiger partial charge in [-0.2, -0.15) is 13.2 Å². The van der Waals surface area contributed by atoms with Crippen LogP contribution in [-0.2, 0) is 4.79 Å². The molecule has 0 spiro atoms. The standard InChI is InChI=1S/C9H14F3NO/c1-2-8(14)13-6-4-3-5-7(13)9(10,11)12/h7H,2-6H2,1H3/t7-/m0/s1. The highest BCUT2D eigenvalue weighted by molar-refractivity contribution is 5.76. The van der Waals surface area contributed by atoms with Crippen LogP contribution in [0.3, 0.4) is 0 Å². The van der Waals surface area contributed by atoms with E-state index < -0.39 is 18.1 Å². The number of piperidine rings is 1. The first-order valence-corrected chi connectivity index (χ1v) is 4.83. The fourth-order valence-electron chi connectivity index (χ4n) is 1.77. The van der Waals surface area contributed by atoms with Crippen LogP contribution in [0.2, 0.25) is 0 Å². The first kappa shape index (κ1) is 11.3. The third-order valence-electron chi connectivity index (χ3n) is 2.50. The van der Waals surface area contributed by atoms with E-state index in [9.17, 15) is 18.0 Å². The van der Waals surface area contributed by atoms with Crippen LogP contribution < -0.4 is 0 Å². The topological polar surface area (TPSA) is 20.3 Å². The van der Waals surface area contributed by atoms with Crippen molar-refractivity contribution in [1.29, 1.82) is 0 Å². The quantitative estimate of drug-likeness (QED) is 0.649. The highest BCUT2D eigenvalue weighted by atomic mass is 19.4. The highest BCUT2D eigenvalue weighted by Crippen LogP contribution is 2.31. The van der Waals surface area contributed by atoms with Crippen molar-refractivity contribution in [3.63, 3.8) is 0 Å². The van der Waals surface area contributed by atoms with Crippen LogP contribution in [0.4, 0.5) is 13.2 Å². The Bertz CT molecular complexity index is 215. The molecule has 0 aromatic carbocycles. The minimum atomic E-state index is -4.27. The van der Waals surface area contributed by atoms with Gasteiger partial charge >= 0.3 is 6.18 Å². The van der Waals surface area contributed by atoms with E-state index >= 15 is 0 Å². The molecule has 0 unspecified atom stereocenters. The van der Waals surface area contributed by atoms with Crippen molar-refractivity contribution in [1.82, 2.24) is 4.90 Å². The number of hydrogen-bond acceptors (Lipinski definition) is 1. The Morgan fingerprint density at radius 1 is 1.43 bits per heavy atom. The molecule has 0 aliphatic carbocycles. The molecular formula is C9H14F3NO. The van der Waals surface area contributed by atoms with Gasteiger partial charge in [0, 0.05) is 13.0 Å². The Labute approximate surface area is 81.1 Å². The summed E-state index contributed by atoms with van der Waals surface area (Å²) in [5, 5.41) is 0. The van der Waals surface area contributed by atoms with Gasteiger partial charge in [-0.1, -0.05) is 6.92 Å². The molecule has 1 fully saturated rings. The maximum atomic E-state index is 12.5. The van der Waals surface area contributed by atoms with Crippen molar-refractivity contribution in [2.75, 3.05) is 6.54 Å². The van der Waals surface area contributed by atoms with Crippen LogP contribution in [0.15, 0.2) is 0 Å². The van der Waals surface area contributed by atoms with Gasteiger partial charge in [0.2, 0.25) is 5.91 Å². The van der Waals surface area contributed by atoms with Gasteiger partial charge in [0.05, 0.1) is 0 Å². The monoisotopic (exact) mass is 209 g/mol. The molecule has 1 amide bonds. The average Bonchev–Trinajstić information content (AvgIpc) is 2.15. The average molecular weight is 209 g/mol. The van der Waals surface area contributed by atoms with E-state index in [0.717, 1.165) is 4.90 Å². The molecule has 1 atom stereocenters. The second-order valence-electron chi connectivity index (χ2n) is 3.49. The SMILES string of the molecule is CCC(=O)N1CCCC[C@H]1C(F)(F)F. The lowest BCUT2D eigenvalue weighted by atomic mass is 10.0. The second kappa shape index (κ2) is 4.19. The lowest BCUT2D eigenvalue weighted by Gasteiger charge is -2.36. The van der Waals surface area contributed by atoms with Crippen molar-refractivity contribution < 1.29 is 18.0 Å². The fourth-order valence-corrected chi connectivity index (χ4v) is 1.77. The van der Waals surface area contributed by atoms with E-state index in [-0.39, 0.29) is 19.4 Å². The zero-order chi connectivity index (χ0) is 10.8. The van der Waals surface area contributed by atoms with Crippen molar-refractivity contribution in [2.24, 2.45) is 0 Å². The van der Waals surface area contributed by atoms with Gasteiger partial charge in [0.1, 0.15) is 6.04 Å². The third kappa shape index (κ3) is 2.39. The molecule has 14 heavy (non-hydrogen) atoms. The van der Waals surface area contributed by atoms with Gasteiger partial charge in [0.15, 0.2) is 0 Å². The van der Waals surface area contributed by atoms with Crippen LogP contribution in [0, 0.1) is 0 Å². The van der Waals surface area contributed by atoms with Gasteiger partial charge < -0.3 is 4.90 Å². The summed E-state index contributed by atoms with van der Waals surface area (Å²) in [7, 11) is 0. The molecule has 1 heterocycles. The second-order valence-corrected chi connectivity index (χ2v) is 3.49. The molecule has 0 aromatic rings. The van der Waals surface area contributed by atoms with Gasteiger partial charge in [-0.25, -0.2) is 0 Å². The molecular weight excluding hydrogens is 195 g/mol. The number of carbonyl (C=O) groups excluding carboxylic acids is 1. The number of nitrogens with zero attached hydrogens (tertiary/aromatic N) is 1. The number of amides is 1. The summed E-state index contributed by atoms with van der Waals surface area (Å²) in [6, 6.07) is -1.55. The molecule has 1 saturated heterocycles. The Morgan fingerprint density at radius 2 is 2.07 bits per heavy atom. The first-order chi connectivity index (χ1) is 6.46. The molecule has 0 aromatic heterocycles. The van der Waals surface area contributed by atoms with E-state index in [2.05, 4.69) is 0 Å². The lowest BCUT2D eigenvalue weighted by Crippen LogP contribution is -2.51. The van der Waals surface area contributed by atoms with Gasteiger partial charge in [-0.3, -0.25) is 4.79 Å². The van der Waals surface area contributed by atoms with Crippen molar-refractivity contribution >= 4 is 5.91 Å². The Morgan fingerprint density at radius 3 is 2.57 bits per heavy atom. The molecule has 0 saturated carbocycles. The van der Waals surface area contributed by atoms with Crippen molar-refractivity contribution in [3.8, 4) is 0 Å². The number of alkyl halides is 3. The Hall–Kier alpha value is -0.740. The molecule has 0 bridgehead atoms. The summed E-state index contributed by atoms with van der Waals surface area (Å²) >= 11 is 0. The maximum absolute atomic E-state index is 12.5. The predicted molar refractivity (Wildman–Crippen MR) is 45.7 cm³/mol. The van der Waals surface area contributed by atoms with Crippen LogP contribution >= 0.6 is 0 Å². The van der Waals surface area contributed by atoms with Crippen LogP contribution in [0.5, 0.6) is 0 Å². The summed E-state index contributed by atoms with van der Waals surface area (Å²) in [6.07, 6.45) is -2.84. The van der Waals surface area contributed by atoms with E-state index in [4.69, 9.17) is 0 Å². The minimum absolute atomic E-state index is 0.0508. The zero-order valence-corrected chi connectivity index (χ0v) is 8.10. The number of likely N-dealkylation sites (tertiary alicyclic amines) is 1. The maximum Gasteiger partial charge on any atom is 0.408 e. The normalized spacial score (nSPS) is 23.7. The summed E-state index contributed by atoms with van der Waals surface area (Å²) in [6.45, 7) is 1.83. The number of carbonyl (C=O) groups is 1. The molecule has 2 nitrogen and oxygen atoms in total. The molecule has 1 aliphatic heterocycles. The van der Waals surface area contributed by atoms with Crippen LogP contribution in [0.1, 0.15) is 32.6 Å². The zero-order valence-electron chi connectivity index (χ0n) is 8.10. The minimum Gasteiger partial charge on any atom is -0.331 e. The van der Waals surface area contributed by atoms with Gasteiger partial charge in [-0.05, 0) is 19.3 Å². The molecule has 1 rings (SSSR count). The van der Waals surface area contributed by atoms with E-state index in [0.29, 0.717) is 12.8 Å². The lowest BCUT2D eigenvalue weighted by molar-refractivity contribution is -0.195. The summed E-state index contributed by atoms with van der Waals surface area (Å²) in [5.74, 6) is -0.396. The number of hydrogen-bond donors (Lipinski definition) is 0. The van der Waals surface area contributed by atoms with Crippen LogP contribution in [0.25, 0.3) is 0 Å². The van der Waals surface area contributed by atoms with Gasteiger partial charge in [0.25, 0.3) is 0 Å². The first-order valence-electron chi connectivity index (χ1n) is 4.83. The van der Waals surface area contributed by atoms with Crippen molar-refractivity contribution in [2.45, 2.75) is 44.8 Å². The number of halogens is 3. The highest BCUT2D eigenvalue weighted by Gasteiger charge is 2.45. The smallest absolute Gasteiger partial charge is 0.331 e. The molecule has 1 aliphatic rings. The van der Waals surface area contributed by atoms with Gasteiger partial charge in [-0.15, -0.1) is 0 Å². The Kier molecular flexibility index (Phi) is 3.39. The molecule has 5 heteroatoms. The third-order valence-corrected chi connectivity index (χ3v) is 2.50. The van der Waals surface area contributed by atoms with E-state index in [1.165, 1.54) is 0 Å². The summed E-state index contributed by atoms with van der Waals surface area (Å²) in [4.78, 5) is 12.2. The van der Waals surface area contributed by atoms with Crippen LogP contribution in [-0.4, -0.2) is 29.6 Å². The summed E-state index contributed by atoms with van der Waals surface area (Å²) < 4.78 is 37.5. The fraction of sp³-hybridized carbons (Fsp3) is 0.889. The predicted octanol–water partition coefficient (Wildman–Crippen LogP) is 2.34. The number of rotatable bonds is 1. The molecule has 0 N–H and O–H groups in total. The molecule has 82 valence electrons. The Balaban J connectivity index is 2.74. The summed E-state index contributed by atoms with van der Waals surface area (Å²) in [5.41, 5.74) is 0. The van der Waals surface area contributed by atoms with E-state index in [1.54, 1.807) is 6.92 Å². The van der Waals surface area contributed by atoms with Crippen molar-refractivity contribution in [3.05, 3.63) is 0 Å². The van der Waals surface area contributed by atoms with E-state index in [1.807, 2.05) is 0 Å².